The van der Waals surface area contributed by atoms with Crippen LogP contribution in [0.4, 0.5) is 0 Å². The number of hydrogen-bond donors (Lipinski definition) is 0. The molecule has 0 aliphatic heterocycles. The van der Waals surface area contributed by atoms with E-state index in [1.165, 1.54) is 0 Å². The van der Waals surface area contributed by atoms with Gasteiger partial charge in [-0.15, -0.1) is 0 Å². The lowest BCUT2D eigenvalue weighted by Gasteiger charge is -2.24. The molecular formula is C22H21ClO4. The number of carbonyl (C=O) groups is 2. The van der Waals surface area contributed by atoms with Crippen molar-refractivity contribution in [1.82, 2.24) is 0 Å². The summed E-state index contributed by atoms with van der Waals surface area (Å²) in [6.07, 6.45) is 3.40. The second kappa shape index (κ2) is 7.57. The SMILES string of the molecule is C=C(C)C(=O)Oc1c2c(c(OC(=O)C(=C)C)c3cc(Cl)ccc13)CCCC2. The van der Waals surface area contributed by atoms with Crippen LogP contribution < -0.4 is 9.47 Å². The minimum Gasteiger partial charge on any atom is -0.422 e. The van der Waals surface area contributed by atoms with Crippen molar-refractivity contribution < 1.29 is 19.1 Å². The lowest BCUT2D eigenvalue weighted by molar-refractivity contribution is -0.131. The first-order valence-electron chi connectivity index (χ1n) is 8.82. The number of hydrogen-bond acceptors (Lipinski definition) is 4. The maximum absolute atomic E-state index is 12.2. The summed E-state index contributed by atoms with van der Waals surface area (Å²) in [5, 5.41) is 1.82. The lowest BCUT2D eigenvalue weighted by Crippen LogP contribution is -2.16. The summed E-state index contributed by atoms with van der Waals surface area (Å²) in [4.78, 5) is 24.4. The van der Waals surface area contributed by atoms with Gasteiger partial charge >= 0.3 is 11.9 Å². The molecule has 140 valence electrons. The number of halogens is 1. The molecule has 1 aliphatic rings. The molecule has 0 saturated carbocycles. The second-order valence-electron chi connectivity index (χ2n) is 6.85. The van der Waals surface area contributed by atoms with Crippen LogP contribution in [0.15, 0.2) is 42.5 Å². The van der Waals surface area contributed by atoms with E-state index in [2.05, 4.69) is 13.2 Å². The van der Waals surface area contributed by atoms with Crippen molar-refractivity contribution in [3.63, 3.8) is 0 Å². The molecule has 2 aromatic rings. The van der Waals surface area contributed by atoms with Gasteiger partial charge in [0, 0.05) is 38.1 Å². The monoisotopic (exact) mass is 384 g/mol. The Morgan fingerprint density at radius 1 is 0.889 bits per heavy atom. The zero-order valence-electron chi connectivity index (χ0n) is 15.5. The fourth-order valence-electron chi connectivity index (χ4n) is 3.23. The van der Waals surface area contributed by atoms with Crippen LogP contribution in [0.5, 0.6) is 11.5 Å². The summed E-state index contributed by atoms with van der Waals surface area (Å²) >= 11 is 6.20. The summed E-state index contributed by atoms with van der Waals surface area (Å²) in [5.74, 6) is 0.00579. The number of fused-ring (bicyclic) bond motifs is 2. The maximum Gasteiger partial charge on any atom is 0.338 e. The third-order valence-electron chi connectivity index (χ3n) is 4.57. The van der Waals surface area contributed by atoms with Crippen molar-refractivity contribution in [2.24, 2.45) is 0 Å². The van der Waals surface area contributed by atoms with Crippen LogP contribution in [0.3, 0.4) is 0 Å². The van der Waals surface area contributed by atoms with E-state index in [0.29, 0.717) is 38.4 Å². The van der Waals surface area contributed by atoms with Gasteiger partial charge in [-0.3, -0.25) is 0 Å². The average molecular weight is 385 g/mol. The molecule has 0 heterocycles. The zero-order valence-corrected chi connectivity index (χ0v) is 16.2. The molecule has 0 saturated heterocycles. The number of carbonyl (C=O) groups excluding carboxylic acids is 2. The Morgan fingerprint density at radius 3 is 1.85 bits per heavy atom. The smallest absolute Gasteiger partial charge is 0.338 e. The molecule has 0 fully saturated rings. The van der Waals surface area contributed by atoms with Crippen LogP contribution >= 0.6 is 11.6 Å². The first kappa shape index (κ1) is 19.2. The van der Waals surface area contributed by atoms with Gasteiger partial charge in [0.05, 0.1) is 0 Å². The highest BCUT2D eigenvalue weighted by Crippen LogP contribution is 2.45. The number of rotatable bonds is 4. The van der Waals surface area contributed by atoms with Gasteiger partial charge in [-0.1, -0.05) is 24.8 Å². The van der Waals surface area contributed by atoms with Crippen molar-refractivity contribution in [3.8, 4) is 11.5 Å². The predicted molar refractivity (Wildman–Crippen MR) is 106 cm³/mol. The van der Waals surface area contributed by atoms with Crippen LogP contribution in [0.1, 0.15) is 37.8 Å². The van der Waals surface area contributed by atoms with Gasteiger partial charge in [0.25, 0.3) is 0 Å². The summed E-state index contributed by atoms with van der Waals surface area (Å²) in [5.41, 5.74) is 2.41. The molecule has 4 nitrogen and oxygen atoms in total. The van der Waals surface area contributed by atoms with Crippen molar-refractivity contribution in [3.05, 3.63) is 58.7 Å². The molecule has 0 radical (unpaired) electrons. The van der Waals surface area contributed by atoms with Gasteiger partial charge in [-0.2, -0.15) is 0 Å². The predicted octanol–water partition coefficient (Wildman–Crippen LogP) is 5.34. The van der Waals surface area contributed by atoms with E-state index in [0.717, 1.165) is 36.8 Å². The average Bonchev–Trinajstić information content (AvgIpc) is 2.63. The van der Waals surface area contributed by atoms with Crippen LogP contribution in [-0.4, -0.2) is 11.9 Å². The van der Waals surface area contributed by atoms with Crippen LogP contribution in [0.25, 0.3) is 10.8 Å². The van der Waals surface area contributed by atoms with Crippen molar-refractivity contribution in [2.75, 3.05) is 0 Å². The second-order valence-corrected chi connectivity index (χ2v) is 7.29. The van der Waals surface area contributed by atoms with Crippen molar-refractivity contribution >= 4 is 34.3 Å². The summed E-state index contributed by atoms with van der Waals surface area (Å²) < 4.78 is 11.4. The molecule has 0 unspecified atom stereocenters. The van der Waals surface area contributed by atoms with Gasteiger partial charge < -0.3 is 9.47 Å². The van der Waals surface area contributed by atoms with Gasteiger partial charge in [-0.05, 0) is 57.7 Å². The molecule has 27 heavy (non-hydrogen) atoms. The summed E-state index contributed by atoms with van der Waals surface area (Å²) in [7, 11) is 0. The number of benzene rings is 2. The van der Waals surface area contributed by atoms with Gasteiger partial charge in [0.15, 0.2) is 0 Å². The standard InChI is InChI=1S/C22H21ClO4/c1-12(2)21(24)26-19-15-7-5-6-8-16(15)20(27-22(25)13(3)4)18-11-14(23)9-10-17(18)19/h9-11H,1,3,5-8H2,2,4H3. The molecule has 0 spiro atoms. The highest BCUT2D eigenvalue weighted by atomic mass is 35.5. The molecule has 5 heteroatoms. The van der Waals surface area contributed by atoms with E-state index < -0.39 is 11.9 Å². The fraction of sp³-hybridized carbons (Fsp3) is 0.273. The Kier molecular flexibility index (Phi) is 5.38. The van der Waals surface area contributed by atoms with E-state index in [4.69, 9.17) is 21.1 Å². The molecule has 0 amide bonds. The van der Waals surface area contributed by atoms with E-state index in [1.54, 1.807) is 32.0 Å². The molecule has 0 N–H and O–H groups in total. The largest absolute Gasteiger partial charge is 0.422 e. The van der Waals surface area contributed by atoms with E-state index >= 15 is 0 Å². The topological polar surface area (TPSA) is 52.6 Å². The highest BCUT2D eigenvalue weighted by molar-refractivity contribution is 6.31. The third-order valence-corrected chi connectivity index (χ3v) is 4.81. The molecular weight excluding hydrogens is 364 g/mol. The van der Waals surface area contributed by atoms with Gasteiger partial charge in [0.2, 0.25) is 0 Å². The molecule has 1 aliphatic carbocycles. The number of ether oxygens (including phenoxy) is 2. The Balaban J connectivity index is 2.30. The van der Waals surface area contributed by atoms with Gasteiger partial charge in [0.1, 0.15) is 11.5 Å². The number of esters is 2. The first-order valence-corrected chi connectivity index (χ1v) is 9.19. The van der Waals surface area contributed by atoms with E-state index in [-0.39, 0.29) is 0 Å². The Hall–Kier alpha value is -2.59. The van der Waals surface area contributed by atoms with Crippen LogP contribution in [0.2, 0.25) is 5.02 Å². The van der Waals surface area contributed by atoms with E-state index in [1.807, 2.05) is 0 Å². The third kappa shape index (κ3) is 3.76. The Labute approximate surface area is 163 Å². The normalized spacial score (nSPS) is 13.0. The van der Waals surface area contributed by atoms with E-state index in [9.17, 15) is 9.59 Å². The van der Waals surface area contributed by atoms with Crippen molar-refractivity contribution in [2.45, 2.75) is 39.5 Å². The quantitative estimate of drug-likeness (QED) is 0.406. The summed E-state index contributed by atoms with van der Waals surface area (Å²) in [6, 6.07) is 5.23. The Morgan fingerprint density at radius 2 is 1.37 bits per heavy atom. The Bertz CT molecular complexity index is 988. The molecule has 0 aromatic heterocycles. The first-order chi connectivity index (χ1) is 12.8. The molecule has 0 atom stereocenters. The van der Waals surface area contributed by atoms with Crippen LogP contribution in [0, 0.1) is 0 Å². The van der Waals surface area contributed by atoms with Gasteiger partial charge in [-0.25, -0.2) is 9.59 Å². The highest BCUT2D eigenvalue weighted by Gasteiger charge is 2.26. The summed E-state index contributed by atoms with van der Waals surface area (Å²) in [6.45, 7) is 10.5. The maximum atomic E-state index is 12.2. The molecule has 0 bridgehead atoms. The van der Waals surface area contributed by atoms with Crippen molar-refractivity contribution in [1.29, 1.82) is 0 Å². The molecule has 3 rings (SSSR count). The van der Waals surface area contributed by atoms with Crippen LogP contribution in [-0.2, 0) is 22.4 Å². The molecule has 2 aromatic carbocycles. The fourth-order valence-corrected chi connectivity index (χ4v) is 3.40. The minimum absolute atomic E-state index is 0.313. The minimum atomic E-state index is -0.490. The zero-order chi connectivity index (χ0) is 19.7. The lowest BCUT2D eigenvalue weighted by atomic mass is 9.87.